The van der Waals surface area contributed by atoms with Crippen molar-refractivity contribution in [3.8, 4) is 5.75 Å². The highest BCUT2D eigenvalue weighted by atomic mass is 19.1. The van der Waals surface area contributed by atoms with Crippen LogP contribution in [-0.4, -0.2) is 23.1 Å². The standard InChI is InChI=1S/C15H23F2NO/c1-3-5-7-18(8-6-4-2)11-12-9-13(16)15(19)14(17)10-12/h9-10,19H,3-8,11H2,1-2H3. The van der Waals surface area contributed by atoms with Gasteiger partial charge < -0.3 is 5.11 Å². The number of benzene rings is 1. The molecule has 0 aliphatic rings. The molecule has 2 nitrogen and oxygen atoms in total. The summed E-state index contributed by atoms with van der Waals surface area (Å²) in [5, 5.41) is 9.08. The Kier molecular flexibility index (Phi) is 6.78. The smallest absolute Gasteiger partial charge is 0.187 e. The zero-order chi connectivity index (χ0) is 14.3. The van der Waals surface area contributed by atoms with Crippen LogP contribution in [0.3, 0.4) is 0 Å². The van der Waals surface area contributed by atoms with Crippen molar-refractivity contribution in [2.75, 3.05) is 13.1 Å². The lowest BCUT2D eigenvalue weighted by molar-refractivity contribution is 0.256. The van der Waals surface area contributed by atoms with Crippen molar-refractivity contribution in [1.29, 1.82) is 0 Å². The Labute approximate surface area is 114 Å². The second-order valence-electron chi connectivity index (χ2n) is 4.89. The highest BCUT2D eigenvalue weighted by Gasteiger charge is 2.12. The van der Waals surface area contributed by atoms with Gasteiger partial charge in [-0.25, -0.2) is 8.78 Å². The third kappa shape index (κ3) is 5.15. The first-order chi connectivity index (χ1) is 9.08. The molecule has 0 bridgehead atoms. The van der Waals surface area contributed by atoms with Crippen LogP contribution in [0.1, 0.15) is 45.1 Å². The summed E-state index contributed by atoms with van der Waals surface area (Å²) < 4.78 is 26.6. The van der Waals surface area contributed by atoms with Gasteiger partial charge in [-0.1, -0.05) is 26.7 Å². The van der Waals surface area contributed by atoms with E-state index in [0.717, 1.165) is 38.8 Å². The van der Waals surface area contributed by atoms with E-state index in [9.17, 15) is 8.78 Å². The Morgan fingerprint density at radius 3 is 1.89 bits per heavy atom. The SMILES string of the molecule is CCCCN(CCCC)Cc1cc(F)c(O)c(F)c1. The van der Waals surface area contributed by atoms with E-state index < -0.39 is 17.4 Å². The van der Waals surface area contributed by atoms with Crippen LogP contribution in [0.2, 0.25) is 0 Å². The van der Waals surface area contributed by atoms with Gasteiger partial charge in [0, 0.05) is 6.54 Å². The lowest BCUT2D eigenvalue weighted by Crippen LogP contribution is -2.25. The summed E-state index contributed by atoms with van der Waals surface area (Å²) in [5.41, 5.74) is 0.569. The van der Waals surface area contributed by atoms with Crippen molar-refractivity contribution < 1.29 is 13.9 Å². The number of unbranched alkanes of at least 4 members (excludes halogenated alkanes) is 2. The highest BCUT2D eigenvalue weighted by Crippen LogP contribution is 2.22. The fourth-order valence-corrected chi connectivity index (χ4v) is 2.00. The van der Waals surface area contributed by atoms with E-state index in [1.54, 1.807) is 0 Å². The van der Waals surface area contributed by atoms with Gasteiger partial charge in [0.15, 0.2) is 17.4 Å². The van der Waals surface area contributed by atoms with Crippen LogP contribution in [0.15, 0.2) is 12.1 Å². The minimum Gasteiger partial charge on any atom is -0.503 e. The maximum Gasteiger partial charge on any atom is 0.187 e. The molecule has 0 aromatic heterocycles. The van der Waals surface area contributed by atoms with Crippen LogP contribution < -0.4 is 0 Å². The second kappa shape index (κ2) is 8.10. The molecule has 0 amide bonds. The molecule has 0 aliphatic carbocycles. The maximum atomic E-state index is 13.3. The van der Waals surface area contributed by atoms with Crippen molar-refractivity contribution in [3.05, 3.63) is 29.3 Å². The predicted molar refractivity (Wildman–Crippen MR) is 73.1 cm³/mol. The van der Waals surface area contributed by atoms with Gasteiger partial charge in [0.1, 0.15) is 0 Å². The summed E-state index contributed by atoms with van der Waals surface area (Å²) in [6.07, 6.45) is 4.35. The molecule has 108 valence electrons. The zero-order valence-electron chi connectivity index (χ0n) is 11.8. The van der Waals surface area contributed by atoms with Gasteiger partial charge in [-0.2, -0.15) is 0 Å². The lowest BCUT2D eigenvalue weighted by atomic mass is 10.1. The van der Waals surface area contributed by atoms with Gasteiger partial charge in [-0.3, -0.25) is 4.90 Å². The Bertz CT molecular complexity index is 365. The summed E-state index contributed by atoms with van der Waals surface area (Å²) >= 11 is 0. The van der Waals surface area contributed by atoms with E-state index in [0.29, 0.717) is 12.1 Å². The van der Waals surface area contributed by atoms with Crippen LogP contribution in [0, 0.1) is 11.6 Å². The largest absolute Gasteiger partial charge is 0.503 e. The minimum atomic E-state index is -0.891. The average Bonchev–Trinajstić information content (AvgIpc) is 2.39. The molecule has 0 spiro atoms. The summed E-state index contributed by atoms with van der Waals surface area (Å²) in [4.78, 5) is 2.21. The third-order valence-electron chi connectivity index (χ3n) is 3.14. The highest BCUT2D eigenvalue weighted by molar-refractivity contribution is 5.29. The summed E-state index contributed by atoms with van der Waals surface area (Å²) in [7, 11) is 0. The van der Waals surface area contributed by atoms with Gasteiger partial charge in [-0.15, -0.1) is 0 Å². The fourth-order valence-electron chi connectivity index (χ4n) is 2.00. The quantitative estimate of drug-likeness (QED) is 0.770. The van der Waals surface area contributed by atoms with E-state index in [1.807, 2.05) is 0 Å². The second-order valence-corrected chi connectivity index (χ2v) is 4.89. The minimum absolute atomic E-state index is 0.522. The van der Waals surface area contributed by atoms with Crippen LogP contribution >= 0.6 is 0 Å². The number of hydrogen-bond acceptors (Lipinski definition) is 2. The van der Waals surface area contributed by atoms with Gasteiger partial charge in [-0.05, 0) is 43.6 Å². The van der Waals surface area contributed by atoms with E-state index >= 15 is 0 Å². The molecule has 0 unspecified atom stereocenters. The number of rotatable bonds is 8. The predicted octanol–water partition coefficient (Wildman–Crippen LogP) is 4.07. The zero-order valence-corrected chi connectivity index (χ0v) is 11.8. The fraction of sp³-hybridized carbons (Fsp3) is 0.600. The van der Waals surface area contributed by atoms with E-state index in [-0.39, 0.29) is 0 Å². The molecule has 0 radical (unpaired) electrons. The molecular formula is C15H23F2NO. The number of hydrogen-bond donors (Lipinski definition) is 1. The first-order valence-electron chi connectivity index (χ1n) is 6.97. The Hall–Kier alpha value is -1.16. The molecule has 1 aromatic rings. The molecule has 1 aromatic carbocycles. The summed E-state index contributed by atoms with van der Waals surface area (Å²) in [6.45, 7) is 6.63. The Morgan fingerprint density at radius 2 is 1.47 bits per heavy atom. The van der Waals surface area contributed by atoms with Gasteiger partial charge in [0.05, 0.1) is 0 Å². The molecule has 19 heavy (non-hydrogen) atoms. The molecule has 0 saturated heterocycles. The van der Waals surface area contributed by atoms with E-state index in [1.165, 1.54) is 12.1 Å². The van der Waals surface area contributed by atoms with Gasteiger partial charge >= 0.3 is 0 Å². The molecule has 0 saturated carbocycles. The van der Waals surface area contributed by atoms with Crippen LogP contribution in [0.25, 0.3) is 0 Å². The van der Waals surface area contributed by atoms with Crippen LogP contribution in [0.5, 0.6) is 5.75 Å². The van der Waals surface area contributed by atoms with Crippen molar-refractivity contribution in [1.82, 2.24) is 4.90 Å². The molecule has 1 N–H and O–H groups in total. The van der Waals surface area contributed by atoms with Crippen molar-refractivity contribution in [2.45, 2.75) is 46.1 Å². The molecule has 0 atom stereocenters. The monoisotopic (exact) mass is 271 g/mol. The molecule has 0 aliphatic heterocycles. The first kappa shape index (κ1) is 15.9. The van der Waals surface area contributed by atoms with Crippen LogP contribution in [0.4, 0.5) is 8.78 Å². The lowest BCUT2D eigenvalue weighted by Gasteiger charge is -2.22. The van der Waals surface area contributed by atoms with Gasteiger partial charge in [0.25, 0.3) is 0 Å². The average molecular weight is 271 g/mol. The number of halogens is 2. The summed E-state index contributed by atoms with van der Waals surface area (Å²) in [6, 6.07) is 2.42. The Balaban J connectivity index is 2.71. The third-order valence-corrected chi connectivity index (χ3v) is 3.14. The number of aromatic hydroxyl groups is 1. The van der Waals surface area contributed by atoms with E-state index in [2.05, 4.69) is 18.7 Å². The number of phenols is 1. The summed E-state index contributed by atoms with van der Waals surface area (Å²) in [5.74, 6) is -2.67. The first-order valence-corrected chi connectivity index (χ1v) is 6.97. The molecule has 1 rings (SSSR count). The van der Waals surface area contributed by atoms with Gasteiger partial charge in [0.2, 0.25) is 0 Å². The van der Waals surface area contributed by atoms with Crippen molar-refractivity contribution in [3.63, 3.8) is 0 Å². The van der Waals surface area contributed by atoms with Crippen molar-refractivity contribution >= 4 is 0 Å². The number of nitrogens with zero attached hydrogens (tertiary/aromatic N) is 1. The Morgan fingerprint density at radius 1 is 1.00 bits per heavy atom. The number of phenolic OH excluding ortho intramolecular Hbond substituents is 1. The molecule has 0 fully saturated rings. The normalized spacial score (nSPS) is 11.2. The topological polar surface area (TPSA) is 23.5 Å². The molecular weight excluding hydrogens is 248 g/mol. The van der Waals surface area contributed by atoms with Crippen LogP contribution in [-0.2, 0) is 6.54 Å². The molecule has 0 heterocycles. The maximum absolute atomic E-state index is 13.3. The van der Waals surface area contributed by atoms with Crippen molar-refractivity contribution in [2.24, 2.45) is 0 Å². The molecule has 4 heteroatoms. The van der Waals surface area contributed by atoms with E-state index in [4.69, 9.17) is 5.11 Å².